The molecule has 0 spiro atoms. The number of anilines is 1. The van der Waals surface area contributed by atoms with Gasteiger partial charge in [-0.2, -0.15) is 0 Å². The average molecular weight is 281 g/mol. The second kappa shape index (κ2) is 5.24. The predicted molar refractivity (Wildman–Crippen MR) is 73.2 cm³/mol. The van der Waals surface area contributed by atoms with Gasteiger partial charge in [-0.3, -0.25) is 4.79 Å². The number of aliphatic carboxylic acids is 1. The molecule has 110 valence electrons. The van der Waals surface area contributed by atoms with Crippen molar-refractivity contribution in [2.24, 2.45) is 0 Å². The van der Waals surface area contributed by atoms with Crippen molar-refractivity contribution in [2.45, 2.75) is 32.3 Å². The second-order valence-electron chi connectivity index (χ2n) is 5.63. The van der Waals surface area contributed by atoms with Gasteiger partial charge in [-0.05, 0) is 6.92 Å². The van der Waals surface area contributed by atoms with E-state index in [-0.39, 0.29) is 18.1 Å². The highest BCUT2D eigenvalue weighted by atomic mass is 16.5. The maximum atomic E-state index is 11.6. The van der Waals surface area contributed by atoms with E-state index in [2.05, 4.69) is 9.97 Å². The van der Waals surface area contributed by atoms with Crippen LogP contribution in [0, 0.1) is 0 Å². The Labute approximate surface area is 116 Å². The lowest BCUT2D eigenvalue weighted by Crippen LogP contribution is -2.62. The Morgan fingerprint density at radius 2 is 2.25 bits per heavy atom. The van der Waals surface area contributed by atoms with Crippen molar-refractivity contribution in [1.82, 2.24) is 9.97 Å². The molecule has 1 aliphatic heterocycles. The highest BCUT2D eigenvalue weighted by Crippen LogP contribution is 2.28. The molecule has 0 unspecified atom stereocenters. The number of carboxylic acids is 1. The van der Waals surface area contributed by atoms with Crippen LogP contribution in [0.15, 0.2) is 10.9 Å². The van der Waals surface area contributed by atoms with Crippen LogP contribution in [0.1, 0.15) is 32.5 Å². The monoisotopic (exact) mass is 281 g/mol. The molecular weight excluding hydrogens is 262 g/mol. The van der Waals surface area contributed by atoms with Crippen LogP contribution < -0.4 is 10.5 Å². The highest BCUT2D eigenvalue weighted by molar-refractivity contribution is 5.68. The fraction of sp³-hybridized carbons (Fsp3) is 0.615. The molecule has 1 saturated heterocycles. The summed E-state index contributed by atoms with van der Waals surface area (Å²) in [5.74, 6) is 0.404. The molecule has 2 heterocycles. The first-order valence-corrected chi connectivity index (χ1v) is 6.51. The van der Waals surface area contributed by atoms with Gasteiger partial charge in [0, 0.05) is 25.1 Å². The largest absolute Gasteiger partial charge is 0.480 e. The molecule has 0 aromatic carbocycles. The minimum atomic E-state index is -0.985. The smallest absolute Gasteiger partial charge is 0.329 e. The Morgan fingerprint density at radius 3 is 2.80 bits per heavy atom. The number of rotatable bonds is 5. The zero-order valence-corrected chi connectivity index (χ0v) is 11.8. The first-order chi connectivity index (χ1) is 9.29. The molecule has 0 radical (unpaired) electrons. The van der Waals surface area contributed by atoms with Crippen LogP contribution in [-0.4, -0.2) is 46.3 Å². The lowest BCUT2D eigenvalue weighted by atomic mass is 9.96. The summed E-state index contributed by atoms with van der Waals surface area (Å²) in [5.41, 5.74) is -0.681. The van der Waals surface area contributed by atoms with Crippen LogP contribution >= 0.6 is 0 Å². The van der Waals surface area contributed by atoms with Gasteiger partial charge in [0.25, 0.3) is 5.56 Å². The number of ether oxygens (including phenoxy) is 1. The van der Waals surface area contributed by atoms with Gasteiger partial charge in [-0.15, -0.1) is 0 Å². The first-order valence-electron chi connectivity index (χ1n) is 6.51. The summed E-state index contributed by atoms with van der Waals surface area (Å²) in [5, 5.41) is 8.62. The summed E-state index contributed by atoms with van der Waals surface area (Å²) in [7, 11) is 0. The van der Waals surface area contributed by atoms with E-state index in [9.17, 15) is 9.59 Å². The number of H-pyrrole nitrogens is 1. The van der Waals surface area contributed by atoms with Crippen molar-refractivity contribution >= 4 is 11.8 Å². The van der Waals surface area contributed by atoms with Gasteiger partial charge in [-0.25, -0.2) is 9.78 Å². The quantitative estimate of drug-likeness (QED) is 0.819. The maximum absolute atomic E-state index is 11.6. The average Bonchev–Trinajstić information content (AvgIpc) is 2.32. The van der Waals surface area contributed by atoms with Crippen molar-refractivity contribution < 1.29 is 14.6 Å². The molecule has 0 atom stereocenters. The van der Waals surface area contributed by atoms with Gasteiger partial charge in [0.05, 0.1) is 0 Å². The zero-order chi connectivity index (χ0) is 14.9. The summed E-state index contributed by atoms with van der Waals surface area (Å²) in [4.78, 5) is 31.1. The minimum Gasteiger partial charge on any atom is -0.480 e. The summed E-state index contributed by atoms with van der Waals surface area (Å²) in [6.45, 7) is 6.49. The number of nitrogens with zero attached hydrogens (tertiary/aromatic N) is 2. The summed E-state index contributed by atoms with van der Waals surface area (Å²) < 4.78 is 5.33. The molecular formula is C13H19N3O4. The molecule has 7 heteroatoms. The molecule has 0 aliphatic carbocycles. The van der Waals surface area contributed by atoms with E-state index in [1.54, 1.807) is 0 Å². The maximum Gasteiger partial charge on any atom is 0.329 e. The lowest BCUT2D eigenvalue weighted by molar-refractivity contribution is -0.150. The Morgan fingerprint density at radius 1 is 1.60 bits per heavy atom. The van der Waals surface area contributed by atoms with E-state index in [1.165, 1.54) is 6.07 Å². The Balaban J connectivity index is 2.05. The van der Waals surface area contributed by atoms with E-state index in [0.29, 0.717) is 24.7 Å². The number of aromatic nitrogens is 2. The van der Waals surface area contributed by atoms with Gasteiger partial charge in [0.2, 0.25) is 0 Å². The normalized spacial score (nSPS) is 17.1. The molecule has 2 N–H and O–H groups in total. The number of nitrogens with one attached hydrogen (secondary N) is 1. The summed E-state index contributed by atoms with van der Waals surface area (Å²) in [6, 6.07) is 1.45. The molecule has 2 rings (SSSR count). The Hall–Kier alpha value is -1.89. The third-order valence-electron chi connectivity index (χ3n) is 3.21. The van der Waals surface area contributed by atoms with E-state index >= 15 is 0 Å². The van der Waals surface area contributed by atoms with E-state index < -0.39 is 11.6 Å². The fourth-order valence-corrected chi connectivity index (χ4v) is 2.15. The van der Waals surface area contributed by atoms with Gasteiger partial charge in [0.15, 0.2) is 0 Å². The number of hydrogen-bond donors (Lipinski definition) is 2. The summed E-state index contributed by atoms with van der Waals surface area (Å²) >= 11 is 0. The topological polar surface area (TPSA) is 95.5 Å². The van der Waals surface area contributed by atoms with Crippen LogP contribution in [0.5, 0.6) is 0 Å². The predicted octanol–water partition coefficient (Wildman–Crippen LogP) is 0.573. The van der Waals surface area contributed by atoms with Crippen LogP contribution in [0.25, 0.3) is 0 Å². The SMILES string of the molecule is CC(C)c1nc(N2CC(C)(OCC(=O)O)C2)cc(=O)[nH]1. The third kappa shape index (κ3) is 3.16. The molecule has 0 bridgehead atoms. The number of carbonyl (C=O) groups is 1. The molecule has 1 aromatic heterocycles. The van der Waals surface area contributed by atoms with Crippen LogP contribution in [0.4, 0.5) is 5.82 Å². The van der Waals surface area contributed by atoms with E-state index in [0.717, 1.165) is 0 Å². The van der Waals surface area contributed by atoms with Crippen molar-refractivity contribution in [2.75, 3.05) is 24.6 Å². The lowest BCUT2D eigenvalue weighted by Gasteiger charge is -2.47. The van der Waals surface area contributed by atoms with Crippen LogP contribution in [0.2, 0.25) is 0 Å². The Bertz CT molecular complexity index is 561. The van der Waals surface area contributed by atoms with Gasteiger partial charge in [-0.1, -0.05) is 13.8 Å². The van der Waals surface area contributed by atoms with Crippen molar-refractivity contribution in [3.05, 3.63) is 22.2 Å². The van der Waals surface area contributed by atoms with Crippen molar-refractivity contribution in [3.8, 4) is 0 Å². The standard InChI is InChI=1S/C13H19N3O4/c1-8(2)12-14-9(4-10(17)15-12)16-6-13(3,7-16)20-5-11(18)19/h4,8H,5-7H2,1-3H3,(H,18,19)(H,14,15,17). The summed E-state index contributed by atoms with van der Waals surface area (Å²) in [6.07, 6.45) is 0. The second-order valence-corrected chi connectivity index (χ2v) is 5.63. The fourth-order valence-electron chi connectivity index (χ4n) is 2.15. The molecule has 1 aromatic rings. The molecule has 1 aliphatic rings. The third-order valence-corrected chi connectivity index (χ3v) is 3.21. The highest BCUT2D eigenvalue weighted by Gasteiger charge is 2.41. The number of carboxylic acid groups (broad SMARTS) is 1. The minimum absolute atomic E-state index is 0.138. The Kier molecular flexibility index (Phi) is 3.80. The van der Waals surface area contributed by atoms with Crippen LogP contribution in [-0.2, 0) is 9.53 Å². The van der Waals surface area contributed by atoms with E-state index in [4.69, 9.17) is 9.84 Å². The van der Waals surface area contributed by atoms with Gasteiger partial charge < -0.3 is 19.7 Å². The molecule has 0 saturated carbocycles. The van der Waals surface area contributed by atoms with Gasteiger partial charge >= 0.3 is 5.97 Å². The zero-order valence-electron chi connectivity index (χ0n) is 11.8. The van der Waals surface area contributed by atoms with Gasteiger partial charge in [0.1, 0.15) is 23.9 Å². The van der Waals surface area contributed by atoms with E-state index in [1.807, 2.05) is 25.7 Å². The number of hydrogen-bond acceptors (Lipinski definition) is 5. The molecule has 7 nitrogen and oxygen atoms in total. The van der Waals surface area contributed by atoms with Crippen LogP contribution in [0.3, 0.4) is 0 Å². The molecule has 1 fully saturated rings. The molecule has 0 amide bonds. The molecule has 20 heavy (non-hydrogen) atoms. The van der Waals surface area contributed by atoms with Crippen molar-refractivity contribution in [3.63, 3.8) is 0 Å². The van der Waals surface area contributed by atoms with Crippen molar-refractivity contribution in [1.29, 1.82) is 0 Å². The number of aromatic amines is 1. The first kappa shape index (κ1) is 14.5.